The standard InChI is InChI=1S/C14H19N3O/c15-10-6-3-5-9(13(10)16)12-8-4-1-2-7-11(8)17-14(12)18/h1-2,4,7,9-10,12-13H,3,5-6,15-16H2,(H,17,18). The molecular formula is C14H19N3O. The third-order valence-corrected chi connectivity index (χ3v) is 4.33. The molecule has 96 valence electrons. The number of amides is 1. The van der Waals surface area contributed by atoms with Crippen LogP contribution in [0.2, 0.25) is 0 Å². The third-order valence-electron chi connectivity index (χ3n) is 4.33. The Hall–Kier alpha value is -1.39. The van der Waals surface area contributed by atoms with E-state index in [1.807, 2.05) is 24.3 Å². The molecule has 4 nitrogen and oxygen atoms in total. The third kappa shape index (κ3) is 1.72. The van der Waals surface area contributed by atoms with E-state index in [9.17, 15) is 4.79 Å². The smallest absolute Gasteiger partial charge is 0.232 e. The summed E-state index contributed by atoms with van der Waals surface area (Å²) in [5.74, 6) is 0.116. The van der Waals surface area contributed by atoms with E-state index in [-0.39, 0.29) is 29.8 Å². The number of carbonyl (C=O) groups is 1. The molecule has 4 unspecified atom stereocenters. The molecule has 1 heterocycles. The monoisotopic (exact) mass is 245 g/mol. The van der Waals surface area contributed by atoms with E-state index in [2.05, 4.69) is 5.32 Å². The Balaban J connectivity index is 1.94. The lowest BCUT2D eigenvalue weighted by Crippen LogP contribution is -2.51. The van der Waals surface area contributed by atoms with Crippen molar-refractivity contribution in [1.82, 2.24) is 0 Å². The molecule has 1 amide bonds. The van der Waals surface area contributed by atoms with Crippen LogP contribution in [0, 0.1) is 5.92 Å². The Kier molecular flexibility index (Phi) is 2.84. The van der Waals surface area contributed by atoms with Crippen LogP contribution in [0.1, 0.15) is 30.7 Å². The molecule has 3 rings (SSSR count). The van der Waals surface area contributed by atoms with E-state index in [4.69, 9.17) is 11.5 Å². The number of nitrogens with one attached hydrogen (secondary N) is 1. The van der Waals surface area contributed by atoms with Gasteiger partial charge in [0.2, 0.25) is 5.91 Å². The fraction of sp³-hybridized carbons (Fsp3) is 0.500. The van der Waals surface area contributed by atoms with Crippen LogP contribution in [0.25, 0.3) is 0 Å². The predicted octanol–water partition coefficient (Wildman–Crippen LogP) is 1.18. The van der Waals surface area contributed by atoms with E-state index in [1.54, 1.807) is 0 Å². The molecule has 1 aliphatic heterocycles. The van der Waals surface area contributed by atoms with Gasteiger partial charge in [0, 0.05) is 17.8 Å². The number of benzene rings is 1. The normalized spacial score (nSPS) is 35.1. The molecule has 0 saturated heterocycles. The van der Waals surface area contributed by atoms with Crippen LogP contribution in [0.5, 0.6) is 0 Å². The molecule has 0 spiro atoms. The minimum absolute atomic E-state index is 0.0179. The van der Waals surface area contributed by atoms with Gasteiger partial charge in [0.05, 0.1) is 5.92 Å². The number of rotatable bonds is 1. The summed E-state index contributed by atoms with van der Waals surface area (Å²) in [7, 11) is 0. The van der Waals surface area contributed by atoms with Crippen molar-refractivity contribution in [3.05, 3.63) is 29.8 Å². The number of nitrogens with two attached hydrogens (primary N) is 2. The highest BCUT2D eigenvalue weighted by Gasteiger charge is 2.42. The molecule has 18 heavy (non-hydrogen) atoms. The quantitative estimate of drug-likeness (QED) is 0.695. The maximum absolute atomic E-state index is 12.2. The van der Waals surface area contributed by atoms with Gasteiger partial charge in [0.15, 0.2) is 0 Å². The van der Waals surface area contributed by atoms with Crippen molar-refractivity contribution >= 4 is 11.6 Å². The summed E-state index contributed by atoms with van der Waals surface area (Å²) >= 11 is 0. The fourth-order valence-corrected chi connectivity index (χ4v) is 3.34. The lowest BCUT2D eigenvalue weighted by atomic mass is 9.73. The summed E-state index contributed by atoms with van der Waals surface area (Å²) in [6.07, 6.45) is 3.01. The second kappa shape index (κ2) is 4.37. The lowest BCUT2D eigenvalue weighted by Gasteiger charge is -2.36. The van der Waals surface area contributed by atoms with Gasteiger partial charge in [-0.25, -0.2) is 0 Å². The molecule has 4 atom stereocenters. The first-order valence-corrected chi connectivity index (χ1v) is 6.59. The highest BCUT2D eigenvalue weighted by atomic mass is 16.2. The number of hydrogen-bond donors (Lipinski definition) is 3. The van der Waals surface area contributed by atoms with E-state index in [0.717, 1.165) is 30.5 Å². The van der Waals surface area contributed by atoms with E-state index >= 15 is 0 Å². The summed E-state index contributed by atoms with van der Waals surface area (Å²) in [6.45, 7) is 0. The SMILES string of the molecule is NC1CCCC(C2C(=O)Nc3ccccc32)C1N. The average Bonchev–Trinajstić information content (AvgIpc) is 2.69. The second-order valence-corrected chi connectivity index (χ2v) is 5.39. The molecule has 0 aromatic heterocycles. The largest absolute Gasteiger partial charge is 0.326 e. The number of hydrogen-bond acceptors (Lipinski definition) is 3. The molecular weight excluding hydrogens is 226 g/mol. The highest BCUT2D eigenvalue weighted by Crippen LogP contribution is 2.42. The van der Waals surface area contributed by atoms with Gasteiger partial charge in [0.25, 0.3) is 0 Å². The van der Waals surface area contributed by atoms with Gasteiger partial charge in [-0.2, -0.15) is 0 Å². The van der Waals surface area contributed by atoms with Crippen molar-refractivity contribution in [3.63, 3.8) is 0 Å². The van der Waals surface area contributed by atoms with E-state index in [1.165, 1.54) is 0 Å². The lowest BCUT2D eigenvalue weighted by molar-refractivity contribution is -0.118. The topological polar surface area (TPSA) is 81.1 Å². The van der Waals surface area contributed by atoms with Crippen LogP contribution in [-0.2, 0) is 4.79 Å². The zero-order valence-corrected chi connectivity index (χ0v) is 10.3. The van der Waals surface area contributed by atoms with Gasteiger partial charge >= 0.3 is 0 Å². The van der Waals surface area contributed by atoms with Gasteiger partial charge < -0.3 is 16.8 Å². The zero-order valence-electron chi connectivity index (χ0n) is 10.3. The minimum atomic E-state index is -0.123. The van der Waals surface area contributed by atoms with Gasteiger partial charge in [-0.3, -0.25) is 4.79 Å². The summed E-state index contributed by atoms with van der Waals surface area (Å²) < 4.78 is 0. The molecule has 0 radical (unpaired) electrons. The molecule has 1 aromatic carbocycles. The molecule has 1 aliphatic carbocycles. The van der Waals surface area contributed by atoms with Crippen LogP contribution in [0.4, 0.5) is 5.69 Å². The Labute approximate surface area is 107 Å². The van der Waals surface area contributed by atoms with Gasteiger partial charge in [-0.1, -0.05) is 24.6 Å². The first kappa shape index (κ1) is 11.7. The van der Waals surface area contributed by atoms with Crippen LogP contribution in [0.15, 0.2) is 24.3 Å². The average molecular weight is 245 g/mol. The highest BCUT2D eigenvalue weighted by molar-refractivity contribution is 6.03. The number of fused-ring (bicyclic) bond motifs is 1. The van der Waals surface area contributed by atoms with Crippen molar-refractivity contribution in [2.24, 2.45) is 17.4 Å². The van der Waals surface area contributed by atoms with E-state index in [0.29, 0.717) is 0 Å². The number of para-hydroxylation sites is 1. The number of anilines is 1. The van der Waals surface area contributed by atoms with Crippen LogP contribution in [0.3, 0.4) is 0 Å². The molecule has 1 fully saturated rings. The van der Waals surface area contributed by atoms with Crippen LogP contribution >= 0.6 is 0 Å². The zero-order chi connectivity index (χ0) is 12.7. The van der Waals surface area contributed by atoms with Crippen molar-refractivity contribution in [3.8, 4) is 0 Å². The molecule has 5 N–H and O–H groups in total. The van der Waals surface area contributed by atoms with Crippen LogP contribution < -0.4 is 16.8 Å². The summed E-state index contributed by atoms with van der Waals surface area (Å²) in [6, 6.07) is 7.81. The molecule has 1 saturated carbocycles. The van der Waals surface area contributed by atoms with Crippen molar-refractivity contribution in [2.45, 2.75) is 37.3 Å². The van der Waals surface area contributed by atoms with Crippen LogP contribution in [-0.4, -0.2) is 18.0 Å². The first-order chi connectivity index (χ1) is 8.68. The Morgan fingerprint density at radius 1 is 1.17 bits per heavy atom. The van der Waals surface area contributed by atoms with Crippen molar-refractivity contribution in [1.29, 1.82) is 0 Å². The molecule has 0 bridgehead atoms. The van der Waals surface area contributed by atoms with Gasteiger partial charge in [-0.15, -0.1) is 0 Å². The summed E-state index contributed by atoms with van der Waals surface area (Å²) in [4.78, 5) is 12.2. The summed E-state index contributed by atoms with van der Waals surface area (Å²) in [5, 5.41) is 2.94. The second-order valence-electron chi connectivity index (χ2n) is 5.39. The number of carbonyl (C=O) groups excluding carboxylic acids is 1. The van der Waals surface area contributed by atoms with Crippen molar-refractivity contribution < 1.29 is 4.79 Å². The maximum Gasteiger partial charge on any atom is 0.232 e. The molecule has 4 heteroatoms. The molecule has 2 aliphatic rings. The minimum Gasteiger partial charge on any atom is -0.326 e. The predicted molar refractivity (Wildman–Crippen MR) is 71.1 cm³/mol. The molecule has 1 aromatic rings. The van der Waals surface area contributed by atoms with E-state index < -0.39 is 0 Å². The Morgan fingerprint density at radius 2 is 1.94 bits per heavy atom. The maximum atomic E-state index is 12.2. The fourth-order valence-electron chi connectivity index (χ4n) is 3.34. The van der Waals surface area contributed by atoms with Gasteiger partial charge in [-0.05, 0) is 30.4 Å². The van der Waals surface area contributed by atoms with Crippen molar-refractivity contribution in [2.75, 3.05) is 5.32 Å². The van der Waals surface area contributed by atoms with Gasteiger partial charge in [0.1, 0.15) is 0 Å². The Morgan fingerprint density at radius 3 is 2.78 bits per heavy atom. The Bertz CT molecular complexity index is 474. The summed E-state index contributed by atoms with van der Waals surface area (Å²) in [5.41, 5.74) is 14.3. The first-order valence-electron chi connectivity index (χ1n) is 6.59.